The second kappa shape index (κ2) is 5.87. The number of nitro groups is 1. The first kappa shape index (κ1) is 14.3. The summed E-state index contributed by atoms with van der Waals surface area (Å²) in [6.45, 7) is 3.77. The molecule has 0 atom stereocenters. The Morgan fingerprint density at radius 1 is 1.45 bits per heavy atom. The van der Waals surface area contributed by atoms with Gasteiger partial charge in [-0.15, -0.1) is 0 Å². The molecule has 0 bridgehead atoms. The Bertz CT molecular complexity index is 496. The number of non-ortho nitro benzene ring substituents is 1. The largest absolute Gasteiger partial charge is 0.484 e. The molecule has 1 aliphatic rings. The predicted molar refractivity (Wildman–Crippen MR) is 70.5 cm³/mol. The molecule has 0 radical (unpaired) electrons. The van der Waals surface area contributed by atoms with Crippen LogP contribution in [-0.2, 0) is 9.53 Å². The molecule has 0 spiro atoms. The van der Waals surface area contributed by atoms with Crippen LogP contribution in [0.1, 0.15) is 6.92 Å². The zero-order valence-corrected chi connectivity index (χ0v) is 11.1. The molecule has 108 valence electrons. The Morgan fingerprint density at radius 2 is 2.10 bits per heavy atom. The Hall–Kier alpha value is -2.15. The molecule has 7 heteroatoms. The summed E-state index contributed by atoms with van der Waals surface area (Å²) in [7, 11) is 0. The maximum absolute atomic E-state index is 11.6. The highest BCUT2D eigenvalue weighted by Crippen LogP contribution is 2.25. The van der Waals surface area contributed by atoms with Crippen LogP contribution in [0.15, 0.2) is 24.3 Å². The van der Waals surface area contributed by atoms with Crippen molar-refractivity contribution < 1.29 is 19.2 Å². The zero-order chi connectivity index (χ0) is 14.6. The van der Waals surface area contributed by atoms with E-state index in [1.807, 2.05) is 6.92 Å². The first-order valence-corrected chi connectivity index (χ1v) is 6.20. The summed E-state index contributed by atoms with van der Waals surface area (Å²) in [6, 6.07) is 5.60. The van der Waals surface area contributed by atoms with E-state index in [9.17, 15) is 14.9 Å². The van der Waals surface area contributed by atoms with E-state index in [-0.39, 0.29) is 23.6 Å². The predicted octanol–water partition coefficient (Wildman–Crippen LogP) is 1.13. The Labute approximate surface area is 116 Å². The molecule has 2 rings (SSSR count). The van der Waals surface area contributed by atoms with Crippen LogP contribution in [0.5, 0.6) is 5.75 Å². The highest BCUT2D eigenvalue weighted by atomic mass is 16.6. The number of nitrogens with zero attached hydrogens (tertiary/aromatic N) is 1. The van der Waals surface area contributed by atoms with Gasteiger partial charge < -0.3 is 14.8 Å². The van der Waals surface area contributed by atoms with Gasteiger partial charge in [-0.25, -0.2) is 0 Å². The van der Waals surface area contributed by atoms with Crippen LogP contribution in [0.3, 0.4) is 0 Å². The summed E-state index contributed by atoms with van der Waals surface area (Å²) in [5.74, 6) is 0.195. The number of amides is 1. The minimum Gasteiger partial charge on any atom is -0.484 e. The van der Waals surface area contributed by atoms with Gasteiger partial charge in [0, 0.05) is 24.1 Å². The first-order valence-electron chi connectivity index (χ1n) is 6.20. The quantitative estimate of drug-likeness (QED) is 0.623. The third-order valence-corrected chi connectivity index (χ3v) is 3.03. The molecule has 0 aromatic heterocycles. The summed E-state index contributed by atoms with van der Waals surface area (Å²) >= 11 is 0. The average molecular weight is 280 g/mol. The fourth-order valence-corrected chi connectivity index (χ4v) is 1.73. The van der Waals surface area contributed by atoms with Gasteiger partial charge in [0.15, 0.2) is 6.61 Å². The van der Waals surface area contributed by atoms with Crippen molar-refractivity contribution in [1.29, 1.82) is 0 Å². The van der Waals surface area contributed by atoms with Crippen molar-refractivity contribution in [2.45, 2.75) is 6.92 Å². The lowest BCUT2D eigenvalue weighted by Crippen LogP contribution is -2.49. The molecule has 1 heterocycles. The highest BCUT2D eigenvalue weighted by Gasteiger charge is 2.33. The van der Waals surface area contributed by atoms with E-state index >= 15 is 0 Å². The summed E-state index contributed by atoms with van der Waals surface area (Å²) < 4.78 is 10.3. The Morgan fingerprint density at radius 3 is 2.60 bits per heavy atom. The van der Waals surface area contributed by atoms with Gasteiger partial charge in [0.1, 0.15) is 5.75 Å². The third kappa shape index (κ3) is 3.67. The molecule has 7 nitrogen and oxygen atoms in total. The SMILES string of the molecule is CC1(CNC(=O)COc2ccc([N+](=O)[O-])cc2)COC1. The molecule has 1 amide bonds. The highest BCUT2D eigenvalue weighted by molar-refractivity contribution is 5.77. The fourth-order valence-electron chi connectivity index (χ4n) is 1.73. The molecular weight excluding hydrogens is 264 g/mol. The number of ether oxygens (including phenoxy) is 2. The summed E-state index contributed by atoms with van der Waals surface area (Å²) in [4.78, 5) is 21.6. The van der Waals surface area contributed by atoms with Gasteiger partial charge in [0.25, 0.3) is 11.6 Å². The van der Waals surface area contributed by atoms with Gasteiger partial charge in [0.2, 0.25) is 0 Å². The lowest BCUT2D eigenvalue weighted by molar-refractivity contribution is -0.384. The molecule has 0 unspecified atom stereocenters. The van der Waals surface area contributed by atoms with Gasteiger partial charge in [-0.3, -0.25) is 14.9 Å². The second-order valence-corrected chi connectivity index (χ2v) is 5.12. The molecule has 0 saturated carbocycles. The van der Waals surface area contributed by atoms with Crippen molar-refractivity contribution in [3.63, 3.8) is 0 Å². The molecule has 1 fully saturated rings. The van der Waals surface area contributed by atoms with Crippen LogP contribution in [0, 0.1) is 15.5 Å². The monoisotopic (exact) mass is 280 g/mol. The van der Waals surface area contributed by atoms with Crippen LogP contribution in [-0.4, -0.2) is 37.2 Å². The fraction of sp³-hybridized carbons (Fsp3) is 0.462. The van der Waals surface area contributed by atoms with Crippen LogP contribution < -0.4 is 10.1 Å². The standard InChI is InChI=1S/C13H16N2O5/c1-13(8-19-9-13)7-14-12(16)6-20-11-4-2-10(3-5-11)15(17)18/h2-5H,6-9H2,1H3,(H,14,16). The van der Waals surface area contributed by atoms with Crippen molar-refractivity contribution in [3.8, 4) is 5.75 Å². The molecule has 1 aliphatic heterocycles. The van der Waals surface area contributed by atoms with E-state index in [0.717, 1.165) is 0 Å². The van der Waals surface area contributed by atoms with Gasteiger partial charge in [-0.1, -0.05) is 6.92 Å². The number of hydrogen-bond donors (Lipinski definition) is 1. The molecular formula is C13H16N2O5. The zero-order valence-electron chi connectivity index (χ0n) is 11.1. The van der Waals surface area contributed by atoms with Crippen molar-refractivity contribution in [2.75, 3.05) is 26.4 Å². The van der Waals surface area contributed by atoms with E-state index in [2.05, 4.69) is 5.32 Å². The van der Waals surface area contributed by atoms with E-state index in [1.165, 1.54) is 24.3 Å². The van der Waals surface area contributed by atoms with Gasteiger partial charge in [0.05, 0.1) is 18.1 Å². The second-order valence-electron chi connectivity index (χ2n) is 5.12. The molecule has 1 saturated heterocycles. The lowest BCUT2D eigenvalue weighted by Gasteiger charge is -2.37. The number of carbonyl (C=O) groups excluding carboxylic acids is 1. The maximum Gasteiger partial charge on any atom is 0.269 e. The molecule has 20 heavy (non-hydrogen) atoms. The summed E-state index contributed by atoms with van der Waals surface area (Å²) in [5.41, 5.74) is 0.00273. The van der Waals surface area contributed by atoms with Crippen LogP contribution in [0.2, 0.25) is 0 Å². The van der Waals surface area contributed by atoms with Crippen LogP contribution in [0.25, 0.3) is 0 Å². The van der Waals surface area contributed by atoms with E-state index in [1.54, 1.807) is 0 Å². The average Bonchev–Trinajstić information content (AvgIpc) is 2.41. The number of nitro benzene ring substituents is 1. The first-order chi connectivity index (χ1) is 9.48. The minimum absolute atomic E-state index is 0.0142. The normalized spacial score (nSPS) is 16.1. The van der Waals surface area contributed by atoms with Crippen molar-refractivity contribution in [3.05, 3.63) is 34.4 Å². The van der Waals surface area contributed by atoms with E-state index in [4.69, 9.17) is 9.47 Å². The van der Waals surface area contributed by atoms with Gasteiger partial charge >= 0.3 is 0 Å². The van der Waals surface area contributed by atoms with Crippen molar-refractivity contribution >= 4 is 11.6 Å². The number of nitrogens with one attached hydrogen (secondary N) is 1. The molecule has 0 aliphatic carbocycles. The van der Waals surface area contributed by atoms with Gasteiger partial charge in [-0.05, 0) is 12.1 Å². The number of hydrogen-bond acceptors (Lipinski definition) is 5. The van der Waals surface area contributed by atoms with Crippen molar-refractivity contribution in [1.82, 2.24) is 5.32 Å². The Kier molecular flexibility index (Phi) is 4.19. The number of rotatable bonds is 6. The Balaban J connectivity index is 1.73. The topological polar surface area (TPSA) is 90.7 Å². The summed E-state index contributed by atoms with van der Waals surface area (Å²) in [6.07, 6.45) is 0. The minimum atomic E-state index is -0.488. The summed E-state index contributed by atoms with van der Waals surface area (Å²) in [5, 5.41) is 13.3. The molecule has 1 N–H and O–H groups in total. The lowest BCUT2D eigenvalue weighted by atomic mass is 9.89. The van der Waals surface area contributed by atoms with E-state index in [0.29, 0.717) is 25.5 Å². The third-order valence-electron chi connectivity index (χ3n) is 3.03. The smallest absolute Gasteiger partial charge is 0.269 e. The van der Waals surface area contributed by atoms with E-state index < -0.39 is 4.92 Å². The van der Waals surface area contributed by atoms with Crippen molar-refractivity contribution in [2.24, 2.45) is 5.41 Å². The van der Waals surface area contributed by atoms with Gasteiger partial charge in [-0.2, -0.15) is 0 Å². The van der Waals surface area contributed by atoms with Crippen LogP contribution in [0.4, 0.5) is 5.69 Å². The van der Waals surface area contributed by atoms with Crippen LogP contribution >= 0.6 is 0 Å². The number of carbonyl (C=O) groups is 1. The molecule has 1 aromatic rings. The maximum atomic E-state index is 11.6. The molecule has 1 aromatic carbocycles. The number of benzene rings is 1.